The van der Waals surface area contributed by atoms with Crippen molar-refractivity contribution < 1.29 is 0 Å². The largest absolute Gasteiger partial charge is 0.398 e. The minimum atomic E-state index is 0.0375. The molecular weight excluding hydrogens is 230 g/mol. The Morgan fingerprint density at radius 3 is 2.71 bits per heavy atom. The highest BCUT2D eigenvalue weighted by atomic mass is 32.1. The second kappa shape index (κ2) is 3.57. The van der Waals surface area contributed by atoms with Crippen LogP contribution in [-0.4, -0.2) is 0 Å². The molecule has 0 saturated heterocycles. The number of aryl methyl sites for hydroxylation is 1. The molecule has 0 radical (unpaired) electrons. The number of nitrogen functional groups attached to an aromatic ring is 1. The van der Waals surface area contributed by atoms with Gasteiger partial charge in [-0.15, -0.1) is 11.3 Å². The molecule has 0 aliphatic rings. The molecule has 0 saturated carbocycles. The van der Waals surface area contributed by atoms with Crippen molar-refractivity contribution in [2.45, 2.75) is 6.92 Å². The van der Waals surface area contributed by atoms with E-state index in [4.69, 9.17) is 5.73 Å². The van der Waals surface area contributed by atoms with Crippen LogP contribution in [0.15, 0.2) is 41.2 Å². The monoisotopic (exact) mass is 241 g/mol. The van der Waals surface area contributed by atoms with Crippen LogP contribution < -0.4 is 11.2 Å². The van der Waals surface area contributed by atoms with Crippen LogP contribution in [0.1, 0.15) is 5.56 Å². The first-order valence-electron chi connectivity index (χ1n) is 5.39. The molecule has 2 nitrogen and oxygen atoms in total. The van der Waals surface area contributed by atoms with Gasteiger partial charge in [-0.2, -0.15) is 0 Å². The third-order valence-corrected chi connectivity index (χ3v) is 4.26. The van der Waals surface area contributed by atoms with Gasteiger partial charge in [0, 0.05) is 20.5 Å². The van der Waals surface area contributed by atoms with Crippen LogP contribution >= 0.6 is 11.3 Å². The third kappa shape index (κ3) is 1.43. The summed E-state index contributed by atoms with van der Waals surface area (Å²) in [5, 5.41) is 1.41. The van der Waals surface area contributed by atoms with Gasteiger partial charge in [-0.05, 0) is 30.7 Å². The van der Waals surface area contributed by atoms with Crippen LogP contribution in [-0.2, 0) is 0 Å². The predicted molar refractivity (Wildman–Crippen MR) is 74.8 cm³/mol. The molecule has 0 spiro atoms. The van der Waals surface area contributed by atoms with Crippen molar-refractivity contribution in [3.8, 4) is 0 Å². The number of rotatable bonds is 0. The second-order valence-corrected chi connectivity index (χ2v) is 5.16. The van der Waals surface area contributed by atoms with Crippen molar-refractivity contribution in [1.82, 2.24) is 0 Å². The SMILES string of the molecule is Cc1ccc(N)c2c(=O)c3ccccc3sc12. The number of anilines is 1. The Hall–Kier alpha value is -1.87. The molecule has 0 unspecified atom stereocenters. The Balaban J connectivity index is 2.69. The van der Waals surface area contributed by atoms with Crippen molar-refractivity contribution in [3.63, 3.8) is 0 Å². The number of benzene rings is 2. The molecule has 3 aromatic rings. The Bertz CT molecular complexity index is 789. The topological polar surface area (TPSA) is 43.1 Å². The van der Waals surface area contributed by atoms with E-state index in [0.717, 1.165) is 20.3 Å². The quantitative estimate of drug-likeness (QED) is 0.484. The van der Waals surface area contributed by atoms with Crippen molar-refractivity contribution in [2.75, 3.05) is 5.73 Å². The number of fused-ring (bicyclic) bond motifs is 2. The van der Waals surface area contributed by atoms with Gasteiger partial charge in [0.1, 0.15) is 0 Å². The molecule has 1 aromatic heterocycles. The zero-order valence-electron chi connectivity index (χ0n) is 9.36. The second-order valence-electron chi connectivity index (χ2n) is 4.10. The average Bonchev–Trinajstić information content (AvgIpc) is 2.34. The lowest BCUT2D eigenvalue weighted by atomic mass is 10.1. The molecular formula is C14H11NOS. The highest BCUT2D eigenvalue weighted by molar-refractivity contribution is 7.24. The first-order valence-corrected chi connectivity index (χ1v) is 6.21. The summed E-state index contributed by atoms with van der Waals surface area (Å²) in [7, 11) is 0. The summed E-state index contributed by atoms with van der Waals surface area (Å²) in [6.07, 6.45) is 0. The zero-order chi connectivity index (χ0) is 12.0. The molecule has 17 heavy (non-hydrogen) atoms. The van der Waals surface area contributed by atoms with Gasteiger partial charge in [0.15, 0.2) is 5.43 Å². The van der Waals surface area contributed by atoms with Gasteiger partial charge in [0.05, 0.1) is 5.39 Å². The smallest absolute Gasteiger partial charge is 0.197 e. The standard InChI is InChI=1S/C14H11NOS/c1-8-6-7-10(15)12-13(16)9-4-2-3-5-11(9)17-14(8)12/h2-7H,15H2,1H3. The Morgan fingerprint density at radius 1 is 1.12 bits per heavy atom. The van der Waals surface area contributed by atoms with E-state index in [-0.39, 0.29) is 5.43 Å². The Kier molecular flexibility index (Phi) is 2.16. The van der Waals surface area contributed by atoms with Gasteiger partial charge in [-0.25, -0.2) is 0 Å². The number of nitrogens with two attached hydrogens (primary N) is 1. The van der Waals surface area contributed by atoms with Crippen LogP contribution in [0.4, 0.5) is 5.69 Å². The fourth-order valence-corrected chi connectivity index (χ4v) is 3.23. The van der Waals surface area contributed by atoms with Crippen LogP contribution in [0.2, 0.25) is 0 Å². The maximum absolute atomic E-state index is 12.4. The summed E-state index contributed by atoms with van der Waals surface area (Å²) in [6.45, 7) is 2.01. The van der Waals surface area contributed by atoms with Gasteiger partial charge in [-0.3, -0.25) is 4.79 Å². The van der Waals surface area contributed by atoms with Crippen LogP contribution in [0.5, 0.6) is 0 Å². The van der Waals surface area contributed by atoms with Crippen molar-refractivity contribution in [2.24, 2.45) is 0 Å². The van der Waals surface area contributed by atoms with E-state index in [1.807, 2.05) is 37.3 Å². The molecule has 0 atom stereocenters. The molecule has 0 aliphatic heterocycles. The first kappa shape index (κ1) is 10.3. The lowest BCUT2D eigenvalue weighted by Crippen LogP contribution is -2.04. The molecule has 2 aromatic carbocycles. The van der Waals surface area contributed by atoms with Gasteiger partial charge in [-0.1, -0.05) is 18.2 Å². The normalized spacial score (nSPS) is 11.1. The summed E-state index contributed by atoms with van der Waals surface area (Å²) >= 11 is 1.63. The maximum atomic E-state index is 12.4. The fourth-order valence-electron chi connectivity index (χ4n) is 2.06. The molecule has 3 rings (SSSR count). The van der Waals surface area contributed by atoms with Crippen LogP contribution in [0, 0.1) is 6.92 Å². The summed E-state index contributed by atoms with van der Waals surface area (Å²) in [6, 6.07) is 11.4. The van der Waals surface area contributed by atoms with E-state index >= 15 is 0 Å². The minimum Gasteiger partial charge on any atom is -0.398 e. The first-order chi connectivity index (χ1) is 8.18. The van der Waals surface area contributed by atoms with E-state index in [1.54, 1.807) is 17.4 Å². The minimum absolute atomic E-state index is 0.0375. The van der Waals surface area contributed by atoms with Gasteiger partial charge in [0.2, 0.25) is 0 Å². The van der Waals surface area contributed by atoms with Gasteiger partial charge >= 0.3 is 0 Å². The van der Waals surface area contributed by atoms with Crippen molar-refractivity contribution >= 4 is 37.2 Å². The Morgan fingerprint density at radius 2 is 1.88 bits per heavy atom. The molecule has 84 valence electrons. The summed E-state index contributed by atoms with van der Waals surface area (Å²) in [5.74, 6) is 0. The number of hydrogen-bond acceptors (Lipinski definition) is 3. The summed E-state index contributed by atoms with van der Waals surface area (Å²) in [4.78, 5) is 12.4. The van der Waals surface area contributed by atoms with Crippen LogP contribution in [0.25, 0.3) is 20.2 Å². The lowest BCUT2D eigenvalue weighted by molar-refractivity contribution is 1.55. The predicted octanol–water partition coefficient (Wildman–Crippen LogP) is 3.31. The van der Waals surface area contributed by atoms with Crippen LogP contribution in [0.3, 0.4) is 0 Å². The van der Waals surface area contributed by atoms with E-state index < -0.39 is 0 Å². The number of hydrogen-bond donors (Lipinski definition) is 1. The van der Waals surface area contributed by atoms with E-state index in [2.05, 4.69) is 0 Å². The van der Waals surface area contributed by atoms with Gasteiger partial charge < -0.3 is 5.73 Å². The highest BCUT2D eigenvalue weighted by Gasteiger charge is 2.09. The zero-order valence-corrected chi connectivity index (χ0v) is 10.2. The van der Waals surface area contributed by atoms with E-state index in [0.29, 0.717) is 11.1 Å². The van der Waals surface area contributed by atoms with E-state index in [1.165, 1.54) is 0 Å². The van der Waals surface area contributed by atoms with Crippen molar-refractivity contribution in [1.29, 1.82) is 0 Å². The average molecular weight is 241 g/mol. The molecule has 1 heterocycles. The Labute approximate surface area is 102 Å². The summed E-state index contributed by atoms with van der Waals surface area (Å²) in [5.41, 5.74) is 7.63. The lowest BCUT2D eigenvalue weighted by Gasteiger charge is -2.05. The maximum Gasteiger partial charge on any atom is 0.197 e. The molecule has 2 N–H and O–H groups in total. The molecule has 0 aliphatic carbocycles. The highest BCUT2D eigenvalue weighted by Crippen LogP contribution is 2.29. The third-order valence-electron chi connectivity index (χ3n) is 2.96. The van der Waals surface area contributed by atoms with E-state index in [9.17, 15) is 4.79 Å². The molecule has 0 amide bonds. The molecule has 0 fully saturated rings. The molecule has 0 bridgehead atoms. The molecule has 3 heteroatoms. The summed E-state index contributed by atoms with van der Waals surface area (Å²) < 4.78 is 2.01. The van der Waals surface area contributed by atoms with Crippen molar-refractivity contribution in [3.05, 3.63) is 52.2 Å². The van der Waals surface area contributed by atoms with Gasteiger partial charge in [0.25, 0.3) is 0 Å². The fraction of sp³-hybridized carbons (Fsp3) is 0.0714.